The van der Waals surface area contributed by atoms with E-state index in [0.717, 1.165) is 10.5 Å². The summed E-state index contributed by atoms with van der Waals surface area (Å²) in [5, 5.41) is 12.1. The van der Waals surface area contributed by atoms with Gasteiger partial charge in [0.25, 0.3) is 0 Å². The van der Waals surface area contributed by atoms with Gasteiger partial charge in [0.2, 0.25) is 35.4 Å². The molecule has 14 heteroatoms. The van der Waals surface area contributed by atoms with E-state index in [4.69, 9.17) is 5.73 Å². The number of rotatable bonds is 17. The second-order valence-electron chi connectivity index (χ2n) is 13.8. The molecular weight excluding hydrogens is 668 g/mol. The Labute approximate surface area is 305 Å². The Hall–Kier alpha value is -5.27. The Balaban J connectivity index is 2.01. The number of nitrogens with two attached hydrogens (primary N) is 1. The number of primary amides is 1. The molecule has 0 aromatic heterocycles. The number of amides is 6. The fourth-order valence-electron chi connectivity index (χ4n) is 6.64. The van der Waals surface area contributed by atoms with Crippen molar-refractivity contribution in [1.82, 2.24) is 24.9 Å². The zero-order chi connectivity index (χ0) is 38.7. The molecule has 1 aliphatic rings. The number of nitrogens with zero attached hydrogens (tertiary/aromatic N) is 4. The number of carbonyl (C=O) groups is 7. The van der Waals surface area contributed by atoms with Crippen molar-refractivity contribution >= 4 is 41.4 Å². The third-order valence-corrected chi connectivity index (χ3v) is 9.46. The van der Waals surface area contributed by atoms with E-state index in [1.54, 1.807) is 42.5 Å². The number of carboxylic acid groups (broad SMARTS) is 1. The molecule has 3 rings (SSSR count). The molecule has 2 aromatic rings. The van der Waals surface area contributed by atoms with Crippen LogP contribution in [0.2, 0.25) is 0 Å². The second kappa shape index (κ2) is 18.8. The Bertz CT molecular complexity index is 1590. The van der Waals surface area contributed by atoms with Crippen molar-refractivity contribution in [3.05, 3.63) is 71.8 Å². The van der Waals surface area contributed by atoms with Gasteiger partial charge in [-0.2, -0.15) is 0 Å². The zero-order valence-corrected chi connectivity index (χ0v) is 30.9. The number of benzene rings is 2. The van der Waals surface area contributed by atoms with E-state index >= 15 is 0 Å². The molecule has 5 atom stereocenters. The normalized spacial score (nSPS) is 16.3. The van der Waals surface area contributed by atoms with E-state index in [2.05, 4.69) is 5.32 Å². The second-order valence-corrected chi connectivity index (χ2v) is 13.8. The first-order chi connectivity index (χ1) is 24.5. The molecule has 2 aromatic carbocycles. The number of aliphatic carboxylic acids is 1. The monoisotopic (exact) mass is 720 g/mol. The Morgan fingerprint density at radius 3 is 1.73 bits per heavy atom. The number of likely N-dealkylation sites (N-methyl/N-ethyl adjacent to an activating group) is 3. The fourth-order valence-corrected chi connectivity index (χ4v) is 6.64. The molecule has 4 N–H and O–H groups in total. The summed E-state index contributed by atoms with van der Waals surface area (Å²) in [4.78, 5) is 97.7. The fraction of sp³-hybridized carbons (Fsp3) is 0.500. The highest BCUT2D eigenvalue weighted by atomic mass is 16.4. The molecule has 52 heavy (non-hydrogen) atoms. The third kappa shape index (κ3) is 10.9. The van der Waals surface area contributed by atoms with E-state index in [9.17, 15) is 38.7 Å². The van der Waals surface area contributed by atoms with Crippen molar-refractivity contribution in [2.45, 2.75) is 89.5 Å². The predicted molar refractivity (Wildman–Crippen MR) is 193 cm³/mol. The lowest BCUT2D eigenvalue weighted by molar-refractivity contribution is -0.154. The largest absolute Gasteiger partial charge is 0.481 e. The van der Waals surface area contributed by atoms with Crippen LogP contribution in [0.4, 0.5) is 0 Å². The highest BCUT2D eigenvalue weighted by Gasteiger charge is 2.43. The maximum Gasteiger partial charge on any atom is 0.305 e. The summed E-state index contributed by atoms with van der Waals surface area (Å²) < 4.78 is 0. The van der Waals surface area contributed by atoms with Gasteiger partial charge >= 0.3 is 5.97 Å². The van der Waals surface area contributed by atoms with E-state index < -0.39 is 66.2 Å². The summed E-state index contributed by atoms with van der Waals surface area (Å²) in [6, 6.07) is 12.5. The highest BCUT2D eigenvalue weighted by Crippen LogP contribution is 2.24. The number of likely N-dealkylation sites (tertiary alicyclic amines) is 1. The van der Waals surface area contributed by atoms with Crippen LogP contribution < -0.4 is 11.1 Å². The molecule has 1 heterocycles. The van der Waals surface area contributed by atoms with Crippen molar-refractivity contribution < 1.29 is 38.7 Å². The number of carbonyl (C=O) groups excluding carboxylic acids is 6. The summed E-state index contributed by atoms with van der Waals surface area (Å²) in [5.74, 6) is -4.72. The zero-order valence-electron chi connectivity index (χ0n) is 30.9. The predicted octanol–water partition coefficient (Wildman–Crippen LogP) is 1.45. The summed E-state index contributed by atoms with van der Waals surface area (Å²) >= 11 is 0. The maximum absolute atomic E-state index is 14.7. The highest BCUT2D eigenvalue weighted by molar-refractivity contribution is 5.97. The molecular formula is C38H52N6O8. The van der Waals surface area contributed by atoms with Crippen LogP contribution >= 0.6 is 0 Å². The number of hydrogen-bond donors (Lipinski definition) is 3. The Morgan fingerprint density at radius 2 is 1.29 bits per heavy atom. The van der Waals surface area contributed by atoms with Gasteiger partial charge in [-0.3, -0.25) is 33.6 Å². The summed E-state index contributed by atoms with van der Waals surface area (Å²) in [6.45, 7) is 5.52. The average molecular weight is 721 g/mol. The van der Waals surface area contributed by atoms with Crippen molar-refractivity contribution in [2.75, 3.05) is 27.7 Å². The van der Waals surface area contributed by atoms with Crippen molar-refractivity contribution in [3.63, 3.8) is 0 Å². The smallest absolute Gasteiger partial charge is 0.305 e. The van der Waals surface area contributed by atoms with Crippen molar-refractivity contribution in [2.24, 2.45) is 11.7 Å². The van der Waals surface area contributed by atoms with E-state index in [1.165, 1.54) is 42.8 Å². The van der Waals surface area contributed by atoms with Crippen LogP contribution in [-0.4, -0.2) is 124 Å². The van der Waals surface area contributed by atoms with Crippen LogP contribution in [-0.2, 0) is 46.4 Å². The lowest BCUT2D eigenvalue weighted by Gasteiger charge is -2.38. The first-order valence-corrected chi connectivity index (χ1v) is 17.5. The first-order valence-electron chi connectivity index (χ1n) is 17.5. The van der Waals surface area contributed by atoms with Gasteiger partial charge < -0.3 is 35.8 Å². The molecule has 282 valence electrons. The van der Waals surface area contributed by atoms with Crippen LogP contribution in [0, 0.1) is 5.92 Å². The van der Waals surface area contributed by atoms with Crippen molar-refractivity contribution in [3.8, 4) is 0 Å². The Kier molecular flexibility index (Phi) is 14.9. The van der Waals surface area contributed by atoms with Gasteiger partial charge in [0.15, 0.2) is 0 Å². The van der Waals surface area contributed by atoms with Crippen LogP contribution in [0.15, 0.2) is 60.7 Å². The summed E-state index contributed by atoms with van der Waals surface area (Å²) in [6.07, 6.45) is 0.686. The van der Waals surface area contributed by atoms with Crippen LogP contribution in [0.1, 0.15) is 57.6 Å². The molecule has 1 saturated heterocycles. The standard InChI is InChI=1S/C38H52N6O8/c1-24(2)20-28(40-25(3)45)35(49)44-19-13-18-29(44)36(50)42(5)32(22-27-16-11-8-12-17-27)38(52)43(6)31(21-26-14-9-7-10-15-26)37(51)41(4)30(34(39)48)23-33(46)47/h7-12,14-17,24,28-32H,13,18-23H2,1-6H3,(H2,39,48)(H,40,45)(H,46,47)/t28-,29-,30-,31-,32?/m0/s1. The lowest BCUT2D eigenvalue weighted by Crippen LogP contribution is -2.60. The Morgan fingerprint density at radius 1 is 0.808 bits per heavy atom. The lowest BCUT2D eigenvalue weighted by atomic mass is 9.98. The molecule has 6 amide bonds. The van der Waals surface area contributed by atoms with Crippen LogP contribution in [0.25, 0.3) is 0 Å². The maximum atomic E-state index is 14.7. The number of nitrogens with one attached hydrogen (secondary N) is 1. The topological polar surface area (TPSA) is 191 Å². The minimum Gasteiger partial charge on any atom is -0.481 e. The molecule has 1 aliphatic heterocycles. The average Bonchev–Trinajstić information content (AvgIpc) is 3.60. The van der Waals surface area contributed by atoms with E-state index in [-0.39, 0.29) is 30.6 Å². The van der Waals surface area contributed by atoms with Gasteiger partial charge in [-0.15, -0.1) is 0 Å². The van der Waals surface area contributed by atoms with Crippen LogP contribution in [0.5, 0.6) is 0 Å². The van der Waals surface area contributed by atoms with Gasteiger partial charge in [-0.25, -0.2) is 0 Å². The summed E-state index contributed by atoms with van der Waals surface area (Å²) in [5.41, 5.74) is 6.95. The molecule has 0 radical (unpaired) electrons. The van der Waals surface area contributed by atoms with E-state index in [0.29, 0.717) is 31.4 Å². The summed E-state index contributed by atoms with van der Waals surface area (Å²) in [7, 11) is 4.20. The molecule has 0 saturated carbocycles. The van der Waals surface area contributed by atoms with Gasteiger partial charge in [-0.1, -0.05) is 74.5 Å². The van der Waals surface area contributed by atoms with E-state index in [1.807, 2.05) is 32.0 Å². The van der Waals surface area contributed by atoms with Gasteiger partial charge in [0.1, 0.15) is 30.2 Å². The molecule has 1 unspecified atom stereocenters. The molecule has 0 aliphatic carbocycles. The SMILES string of the molecule is CC(=O)N[C@@H](CC(C)C)C(=O)N1CCC[C@H]1C(=O)N(C)C(Cc1ccccc1)C(=O)N(C)[C@@H](Cc1ccccc1)C(=O)N(C)[C@@H](CC(=O)O)C(N)=O. The van der Waals surface area contributed by atoms with Gasteiger partial charge in [-0.05, 0) is 36.3 Å². The first kappa shape index (κ1) is 41.2. The molecule has 14 nitrogen and oxygen atoms in total. The van der Waals surface area contributed by atoms with Gasteiger partial charge in [0, 0.05) is 47.5 Å². The van der Waals surface area contributed by atoms with Crippen molar-refractivity contribution in [1.29, 1.82) is 0 Å². The quantitative estimate of drug-likeness (QED) is 0.219. The molecule has 1 fully saturated rings. The van der Waals surface area contributed by atoms with Crippen LogP contribution in [0.3, 0.4) is 0 Å². The minimum atomic E-state index is -1.47. The third-order valence-electron chi connectivity index (χ3n) is 9.46. The molecule has 0 spiro atoms. The molecule has 0 bridgehead atoms. The number of carboxylic acids is 1. The van der Waals surface area contributed by atoms with Gasteiger partial charge in [0.05, 0.1) is 6.42 Å². The minimum absolute atomic E-state index is 0.0197. The number of hydrogen-bond acceptors (Lipinski definition) is 7.